The fraction of sp³-hybridized carbons (Fsp3) is 0.471. The molecule has 0 unspecified atom stereocenters. The van der Waals surface area contributed by atoms with Crippen LogP contribution in [0.15, 0.2) is 24.5 Å². The third-order valence-corrected chi connectivity index (χ3v) is 4.73. The lowest BCUT2D eigenvalue weighted by Gasteiger charge is -2.34. The van der Waals surface area contributed by atoms with Gasteiger partial charge in [-0.15, -0.1) is 0 Å². The van der Waals surface area contributed by atoms with Crippen LogP contribution in [0.3, 0.4) is 0 Å². The predicted octanol–water partition coefficient (Wildman–Crippen LogP) is 3.04. The number of H-pyrrole nitrogens is 1. The minimum atomic E-state index is -0.241. The first-order valence-electron chi connectivity index (χ1n) is 8.50. The molecule has 1 fully saturated rings. The third kappa shape index (κ3) is 2.80. The quantitative estimate of drug-likeness (QED) is 0.799. The summed E-state index contributed by atoms with van der Waals surface area (Å²) >= 11 is 0. The van der Waals surface area contributed by atoms with E-state index in [0.717, 1.165) is 48.7 Å². The average Bonchev–Trinajstić information content (AvgIpc) is 3.21. The Morgan fingerprint density at radius 2 is 2.25 bits per heavy atom. The van der Waals surface area contributed by atoms with Crippen LogP contribution in [-0.4, -0.2) is 36.2 Å². The first-order chi connectivity index (χ1) is 11.7. The monoisotopic (exact) mass is 328 g/mol. The zero-order valence-electron chi connectivity index (χ0n) is 13.7. The Labute approximate surface area is 139 Å². The number of benzene rings is 1. The molecule has 1 aliphatic heterocycles. The van der Waals surface area contributed by atoms with E-state index in [1.165, 1.54) is 25.0 Å². The summed E-state index contributed by atoms with van der Waals surface area (Å²) in [5, 5.41) is 4.26. The van der Waals surface area contributed by atoms with Crippen LogP contribution in [0.2, 0.25) is 0 Å². The van der Waals surface area contributed by atoms with Gasteiger partial charge in [-0.3, -0.25) is 4.90 Å². The molecule has 0 bridgehead atoms. The Morgan fingerprint density at radius 3 is 3.12 bits per heavy atom. The number of rotatable bonds is 4. The van der Waals surface area contributed by atoms with Crippen molar-refractivity contribution in [3.63, 3.8) is 0 Å². The molecule has 2 aromatic heterocycles. The number of fused-ring (bicyclic) bond motifs is 1. The highest BCUT2D eigenvalue weighted by molar-refractivity contribution is 5.75. The van der Waals surface area contributed by atoms with Crippen molar-refractivity contribution < 1.29 is 4.39 Å². The van der Waals surface area contributed by atoms with Gasteiger partial charge in [0.25, 0.3) is 0 Å². The molecule has 1 atom stereocenters. The lowest BCUT2D eigenvalue weighted by Crippen LogP contribution is -2.34. The molecule has 0 aliphatic carbocycles. The highest BCUT2D eigenvalue weighted by Gasteiger charge is 2.27. The molecule has 24 heavy (non-hydrogen) atoms. The second-order valence-corrected chi connectivity index (χ2v) is 6.26. The van der Waals surface area contributed by atoms with Crippen LogP contribution < -0.4 is 0 Å². The number of nitrogens with zero attached hydrogens (tertiary/aromatic N) is 5. The van der Waals surface area contributed by atoms with Crippen LogP contribution in [0.4, 0.5) is 4.39 Å². The van der Waals surface area contributed by atoms with E-state index in [4.69, 9.17) is 4.98 Å². The maximum atomic E-state index is 13.4. The molecule has 0 radical (unpaired) electrons. The zero-order valence-corrected chi connectivity index (χ0v) is 13.7. The molecule has 3 heterocycles. The Bertz CT molecular complexity index is 839. The largest absolute Gasteiger partial charge is 0.341 e. The summed E-state index contributed by atoms with van der Waals surface area (Å²) in [4.78, 5) is 14.8. The number of halogens is 1. The Kier molecular flexibility index (Phi) is 4.02. The first-order valence-corrected chi connectivity index (χ1v) is 8.50. The minimum absolute atomic E-state index is 0.205. The molecule has 0 spiro atoms. The van der Waals surface area contributed by atoms with Crippen molar-refractivity contribution >= 4 is 11.0 Å². The number of imidazole rings is 1. The van der Waals surface area contributed by atoms with E-state index in [1.54, 1.807) is 12.4 Å². The van der Waals surface area contributed by atoms with Crippen LogP contribution in [0.25, 0.3) is 11.0 Å². The molecular weight excluding hydrogens is 307 g/mol. The van der Waals surface area contributed by atoms with Gasteiger partial charge < -0.3 is 4.98 Å². The maximum Gasteiger partial charge on any atom is 0.141 e. The smallest absolute Gasteiger partial charge is 0.141 e. The third-order valence-electron chi connectivity index (χ3n) is 4.73. The van der Waals surface area contributed by atoms with Gasteiger partial charge in [0.15, 0.2) is 0 Å². The number of aryl methyl sites for hydroxylation is 1. The van der Waals surface area contributed by atoms with E-state index < -0.39 is 0 Å². The van der Waals surface area contributed by atoms with E-state index in [1.807, 2.05) is 4.68 Å². The van der Waals surface area contributed by atoms with Crippen molar-refractivity contribution in [3.05, 3.63) is 42.0 Å². The normalized spacial score (nSPS) is 19.2. The van der Waals surface area contributed by atoms with Gasteiger partial charge in [0.05, 0.1) is 23.6 Å². The SMILES string of the molecule is CCn1ncnc1CN1CCCC[C@@H]1c1nc2ccc(F)cc2[nH]1. The van der Waals surface area contributed by atoms with E-state index in [2.05, 4.69) is 26.9 Å². The molecule has 3 aromatic rings. The van der Waals surface area contributed by atoms with E-state index in [-0.39, 0.29) is 11.9 Å². The Hall–Kier alpha value is -2.28. The van der Waals surface area contributed by atoms with Crippen molar-refractivity contribution in [2.75, 3.05) is 6.54 Å². The van der Waals surface area contributed by atoms with Crippen molar-refractivity contribution in [2.45, 2.75) is 45.3 Å². The summed E-state index contributed by atoms with van der Waals surface area (Å²) in [6.45, 7) is 4.65. The van der Waals surface area contributed by atoms with Crippen molar-refractivity contribution in [1.82, 2.24) is 29.6 Å². The van der Waals surface area contributed by atoms with Gasteiger partial charge in [0.2, 0.25) is 0 Å². The average molecular weight is 328 g/mol. The van der Waals surface area contributed by atoms with Gasteiger partial charge in [-0.05, 0) is 44.5 Å². The van der Waals surface area contributed by atoms with E-state index >= 15 is 0 Å². The van der Waals surface area contributed by atoms with E-state index in [0.29, 0.717) is 0 Å². The van der Waals surface area contributed by atoms with Gasteiger partial charge in [-0.25, -0.2) is 19.0 Å². The minimum Gasteiger partial charge on any atom is -0.341 e. The summed E-state index contributed by atoms with van der Waals surface area (Å²) in [7, 11) is 0. The summed E-state index contributed by atoms with van der Waals surface area (Å²) in [6, 6.07) is 4.89. The van der Waals surface area contributed by atoms with Gasteiger partial charge in [0.1, 0.15) is 23.8 Å². The van der Waals surface area contributed by atoms with Gasteiger partial charge in [-0.2, -0.15) is 5.10 Å². The number of aromatic amines is 1. The number of hydrogen-bond donors (Lipinski definition) is 1. The second kappa shape index (κ2) is 6.32. The molecule has 4 rings (SSSR count). The van der Waals surface area contributed by atoms with Gasteiger partial charge in [0, 0.05) is 6.54 Å². The van der Waals surface area contributed by atoms with Crippen molar-refractivity contribution in [1.29, 1.82) is 0 Å². The molecule has 0 saturated carbocycles. The van der Waals surface area contributed by atoms with Gasteiger partial charge in [-0.1, -0.05) is 6.42 Å². The van der Waals surface area contributed by atoms with Crippen LogP contribution in [0.5, 0.6) is 0 Å². The van der Waals surface area contributed by atoms with Crippen molar-refractivity contribution in [2.24, 2.45) is 0 Å². The molecular formula is C17H21FN6. The Morgan fingerprint density at radius 1 is 1.33 bits per heavy atom. The number of likely N-dealkylation sites (tertiary alicyclic amines) is 1. The molecule has 0 amide bonds. The Balaban J connectivity index is 1.63. The topological polar surface area (TPSA) is 62.6 Å². The summed E-state index contributed by atoms with van der Waals surface area (Å²) in [5.74, 6) is 1.65. The fourth-order valence-corrected chi connectivity index (χ4v) is 3.51. The van der Waals surface area contributed by atoms with Crippen LogP contribution in [0.1, 0.15) is 43.9 Å². The van der Waals surface area contributed by atoms with Crippen LogP contribution in [-0.2, 0) is 13.1 Å². The molecule has 1 aliphatic rings. The highest BCUT2D eigenvalue weighted by atomic mass is 19.1. The molecule has 1 N–H and O–H groups in total. The summed E-state index contributed by atoms with van der Waals surface area (Å²) in [6.07, 6.45) is 5.00. The van der Waals surface area contributed by atoms with Gasteiger partial charge >= 0.3 is 0 Å². The molecule has 126 valence electrons. The highest BCUT2D eigenvalue weighted by Crippen LogP contribution is 2.31. The predicted molar refractivity (Wildman–Crippen MR) is 88.7 cm³/mol. The fourth-order valence-electron chi connectivity index (χ4n) is 3.51. The lowest BCUT2D eigenvalue weighted by molar-refractivity contribution is 0.129. The molecule has 1 aromatic carbocycles. The number of aromatic nitrogens is 5. The molecule has 6 nitrogen and oxygen atoms in total. The summed E-state index contributed by atoms with van der Waals surface area (Å²) in [5.41, 5.74) is 1.57. The van der Waals surface area contributed by atoms with E-state index in [9.17, 15) is 4.39 Å². The molecule has 1 saturated heterocycles. The zero-order chi connectivity index (χ0) is 16.5. The first kappa shape index (κ1) is 15.3. The number of nitrogens with one attached hydrogen (secondary N) is 1. The van der Waals surface area contributed by atoms with Crippen LogP contribution >= 0.6 is 0 Å². The van der Waals surface area contributed by atoms with Crippen molar-refractivity contribution in [3.8, 4) is 0 Å². The van der Waals surface area contributed by atoms with Crippen LogP contribution in [0, 0.1) is 5.82 Å². The standard InChI is InChI=1S/C17H21FN6/c1-2-24-16(19-11-20-24)10-23-8-4-3-5-15(23)17-21-13-7-6-12(18)9-14(13)22-17/h6-7,9,11,15H,2-5,8,10H2,1H3,(H,21,22)/t15-/m1/s1. The molecule has 7 heteroatoms. The lowest BCUT2D eigenvalue weighted by atomic mass is 10.0. The number of hydrogen-bond acceptors (Lipinski definition) is 4. The number of piperidine rings is 1. The maximum absolute atomic E-state index is 13.4. The second-order valence-electron chi connectivity index (χ2n) is 6.26. The summed E-state index contributed by atoms with van der Waals surface area (Å²) < 4.78 is 15.4.